The molecule has 0 bridgehead atoms. The minimum absolute atomic E-state index is 0.816. The number of nitrogens with zero attached hydrogens (tertiary/aromatic N) is 1. The average molecular weight is 373 g/mol. The van der Waals surface area contributed by atoms with Crippen molar-refractivity contribution >= 4 is 0 Å². The van der Waals surface area contributed by atoms with Crippen LogP contribution in [0.15, 0.2) is 12.1 Å². The second-order valence-corrected chi connectivity index (χ2v) is 3.56. The van der Waals surface area contributed by atoms with Crippen LogP contribution in [0, 0.1) is 11.3 Å². The minimum atomic E-state index is -7.71. The highest BCUT2D eigenvalue weighted by atomic mass is 19.4. The highest BCUT2D eigenvalue weighted by molar-refractivity contribution is 5.13. The molecule has 2 nitrogen and oxygen atoms in total. The number of hydrogen-bond donors (Lipinski definition) is 0. The van der Waals surface area contributed by atoms with E-state index in [0.29, 0.717) is 0 Å². The van der Waals surface area contributed by atoms with Crippen molar-refractivity contribution in [1.82, 2.24) is 0 Å². The second-order valence-electron chi connectivity index (χ2n) is 3.56. The van der Waals surface area contributed by atoms with E-state index in [0.717, 1.165) is 0 Å². The molecule has 0 aliphatic heterocycles. The van der Waals surface area contributed by atoms with Gasteiger partial charge in [-0.1, -0.05) is 0 Å². The number of alkyl halides is 10. The Morgan fingerprint density at radius 2 is 1.09 bits per heavy atom. The van der Waals surface area contributed by atoms with Crippen LogP contribution in [0.2, 0.25) is 0 Å². The molecule has 134 valence electrons. The number of halogens is 13. The van der Waals surface area contributed by atoms with E-state index in [1.165, 1.54) is 0 Å². The molecule has 0 saturated carbocycles. The molecule has 0 aromatic carbocycles. The summed E-state index contributed by atoms with van der Waals surface area (Å²) in [7, 11) is 0. The van der Waals surface area contributed by atoms with Crippen molar-refractivity contribution in [3.8, 4) is 6.07 Å². The van der Waals surface area contributed by atoms with E-state index in [-0.39, 0.29) is 0 Å². The van der Waals surface area contributed by atoms with Crippen LogP contribution in [-0.4, -0.2) is 29.8 Å². The first kappa shape index (κ1) is 21.1. The van der Waals surface area contributed by atoms with Crippen molar-refractivity contribution in [3.05, 3.63) is 12.1 Å². The molecule has 0 atom stereocenters. The van der Waals surface area contributed by atoms with Crippen LogP contribution < -0.4 is 0 Å². The normalized spacial score (nSPS) is 14.3. The Morgan fingerprint density at radius 3 is 1.39 bits per heavy atom. The smallest absolute Gasteiger partial charge is 0.397 e. The van der Waals surface area contributed by atoms with E-state index in [2.05, 4.69) is 0 Å². The lowest BCUT2D eigenvalue weighted by molar-refractivity contribution is -0.437. The quantitative estimate of drug-likeness (QED) is 0.500. The van der Waals surface area contributed by atoms with Crippen LogP contribution in [0.1, 0.15) is 0 Å². The summed E-state index contributed by atoms with van der Waals surface area (Å²) in [6, 6.07) is -4.66. The summed E-state index contributed by atoms with van der Waals surface area (Å²) >= 11 is 0. The van der Waals surface area contributed by atoms with Gasteiger partial charge >= 0.3 is 41.9 Å². The number of ether oxygens (including phenoxy) is 1. The van der Waals surface area contributed by atoms with Gasteiger partial charge in [0.2, 0.25) is 0 Å². The predicted octanol–water partition coefficient (Wildman–Crippen LogP) is 4.70. The van der Waals surface area contributed by atoms with Gasteiger partial charge in [0.1, 0.15) is 6.07 Å². The first-order chi connectivity index (χ1) is 9.89. The Labute approximate surface area is 116 Å². The molecule has 0 aromatic heterocycles. The maximum atomic E-state index is 12.8. The Morgan fingerprint density at radius 1 is 0.696 bits per heavy atom. The topological polar surface area (TPSA) is 33.0 Å². The van der Waals surface area contributed by atoms with Gasteiger partial charge in [0.05, 0.1) is 0 Å². The summed E-state index contributed by atoms with van der Waals surface area (Å²) in [4.78, 5) is 0. The molecule has 15 heteroatoms. The van der Waals surface area contributed by atoms with Gasteiger partial charge in [-0.15, -0.1) is 0 Å². The van der Waals surface area contributed by atoms with Gasteiger partial charge in [0.15, 0.2) is 0 Å². The molecule has 0 aromatic rings. The third kappa shape index (κ3) is 3.11. The average Bonchev–Trinajstić information content (AvgIpc) is 2.36. The standard InChI is InChI=1S/C8F13NO/c9-2(10)3(11)23-8(20,21)7(18,19)6(16,17)5(14,15)4(12,13)1-22. The molecule has 0 fully saturated rings. The SMILES string of the molecule is N#CC(F)(F)C(F)(F)C(F)(F)C(F)(F)C(F)(F)OC(F)=C(F)F. The maximum absolute atomic E-state index is 12.8. The van der Waals surface area contributed by atoms with E-state index < -0.39 is 48.0 Å². The van der Waals surface area contributed by atoms with Gasteiger partial charge in [-0.05, 0) is 0 Å². The van der Waals surface area contributed by atoms with Crippen LogP contribution in [0.5, 0.6) is 0 Å². The lowest BCUT2D eigenvalue weighted by atomic mass is 9.98. The largest absolute Gasteiger partial charge is 0.472 e. The molecule has 0 spiro atoms. The Bertz CT molecular complexity index is 527. The zero-order chi connectivity index (χ0) is 19.1. The Balaban J connectivity index is 6.08. The van der Waals surface area contributed by atoms with E-state index in [1.54, 1.807) is 0 Å². The van der Waals surface area contributed by atoms with Gasteiger partial charge in [0.25, 0.3) is 0 Å². The first-order valence-electron chi connectivity index (χ1n) is 4.59. The Hall–Kier alpha value is -1.88. The fourth-order valence-electron chi connectivity index (χ4n) is 0.863. The zero-order valence-electron chi connectivity index (χ0n) is 9.77. The van der Waals surface area contributed by atoms with Crippen molar-refractivity contribution in [2.75, 3.05) is 0 Å². The monoisotopic (exact) mass is 373 g/mol. The molecule has 0 radical (unpaired) electrons. The fourth-order valence-corrected chi connectivity index (χ4v) is 0.863. The van der Waals surface area contributed by atoms with E-state index in [4.69, 9.17) is 5.26 Å². The molecule has 0 rings (SSSR count). The second kappa shape index (κ2) is 5.64. The summed E-state index contributed by atoms with van der Waals surface area (Å²) in [5, 5.41) is 7.54. The van der Waals surface area contributed by atoms with Crippen LogP contribution in [0.25, 0.3) is 0 Å². The summed E-state index contributed by atoms with van der Waals surface area (Å²) in [5.41, 5.74) is 0. The Kier molecular flexibility index (Phi) is 5.18. The van der Waals surface area contributed by atoms with Crippen molar-refractivity contribution in [2.24, 2.45) is 0 Å². The lowest BCUT2D eigenvalue weighted by Gasteiger charge is -2.36. The molecule has 23 heavy (non-hydrogen) atoms. The molecule has 0 aliphatic rings. The fraction of sp³-hybridized carbons (Fsp3) is 0.625. The van der Waals surface area contributed by atoms with Gasteiger partial charge in [-0.3, -0.25) is 0 Å². The van der Waals surface area contributed by atoms with Gasteiger partial charge in [-0.25, -0.2) is 0 Å². The first-order valence-corrected chi connectivity index (χ1v) is 4.59. The van der Waals surface area contributed by atoms with Gasteiger partial charge in [0, 0.05) is 0 Å². The zero-order valence-corrected chi connectivity index (χ0v) is 9.77. The number of nitriles is 1. The minimum Gasteiger partial charge on any atom is -0.397 e. The van der Waals surface area contributed by atoms with E-state index in [9.17, 15) is 57.1 Å². The summed E-state index contributed by atoms with van der Waals surface area (Å²) in [6.45, 7) is 0. The molecular formula is C8F13NO. The summed E-state index contributed by atoms with van der Waals surface area (Å²) < 4.78 is 163. The molecule has 0 saturated heterocycles. The van der Waals surface area contributed by atoms with Gasteiger partial charge < -0.3 is 4.74 Å². The van der Waals surface area contributed by atoms with Gasteiger partial charge in [-0.2, -0.15) is 62.3 Å². The van der Waals surface area contributed by atoms with Crippen molar-refractivity contribution < 1.29 is 61.8 Å². The molecular weight excluding hydrogens is 373 g/mol. The molecule has 0 amide bonds. The summed E-state index contributed by atoms with van der Waals surface area (Å²) in [5.74, 6) is -29.3. The highest BCUT2D eigenvalue weighted by Crippen LogP contribution is 2.57. The van der Waals surface area contributed by atoms with E-state index in [1.807, 2.05) is 4.74 Å². The molecule has 0 aliphatic carbocycles. The maximum Gasteiger partial charge on any atom is 0.472 e. The predicted molar refractivity (Wildman–Crippen MR) is 41.8 cm³/mol. The van der Waals surface area contributed by atoms with Crippen molar-refractivity contribution in [1.29, 1.82) is 5.26 Å². The third-order valence-corrected chi connectivity index (χ3v) is 2.06. The van der Waals surface area contributed by atoms with Crippen LogP contribution in [-0.2, 0) is 4.74 Å². The highest BCUT2D eigenvalue weighted by Gasteiger charge is 2.88. The molecule has 0 heterocycles. The lowest BCUT2D eigenvalue weighted by Crippen LogP contribution is -2.67. The van der Waals surface area contributed by atoms with E-state index >= 15 is 0 Å². The van der Waals surface area contributed by atoms with Crippen molar-refractivity contribution in [2.45, 2.75) is 29.8 Å². The third-order valence-electron chi connectivity index (χ3n) is 2.06. The number of hydrogen-bond acceptors (Lipinski definition) is 2. The van der Waals surface area contributed by atoms with Crippen molar-refractivity contribution in [3.63, 3.8) is 0 Å². The number of rotatable bonds is 6. The van der Waals surface area contributed by atoms with Crippen LogP contribution in [0.4, 0.5) is 57.1 Å². The van der Waals surface area contributed by atoms with Crippen LogP contribution >= 0.6 is 0 Å². The molecule has 0 unspecified atom stereocenters. The summed E-state index contributed by atoms with van der Waals surface area (Å²) in [6.07, 6.45) is -11.0. The molecule has 0 N–H and O–H groups in total. The van der Waals surface area contributed by atoms with Crippen LogP contribution in [0.3, 0.4) is 0 Å².